The van der Waals surface area contributed by atoms with Crippen molar-refractivity contribution in [3.05, 3.63) is 53.6 Å². The van der Waals surface area contributed by atoms with Crippen molar-refractivity contribution in [3.8, 4) is 11.3 Å². The Labute approximate surface area is 220 Å². The SMILES string of the molecule is CC1=NC(C(=O)N2CCN(C(=O)c3cn4nc(-c5ccc(F)cc5)cc(C(C)(C)C)c4n3)C(C)(C)C2)NN1. The molecule has 0 aliphatic carbocycles. The number of halogens is 1. The Hall–Kier alpha value is -3.86. The van der Waals surface area contributed by atoms with Gasteiger partial charge in [0.2, 0.25) is 0 Å². The van der Waals surface area contributed by atoms with E-state index in [9.17, 15) is 14.0 Å². The van der Waals surface area contributed by atoms with Gasteiger partial charge in [0.1, 0.15) is 17.3 Å². The third-order valence-electron chi connectivity index (χ3n) is 7.00. The summed E-state index contributed by atoms with van der Waals surface area (Å²) in [6, 6.07) is 8.13. The fourth-order valence-electron chi connectivity index (χ4n) is 4.97. The molecule has 2 amide bonds. The van der Waals surface area contributed by atoms with Crippen LogP contribution in [0.5, 0.6) is 0 Å². The van der Waals surface area contributed by atoms with Crippen molar-refractivity contribution in [1.82, 2.24) is 35.2 Å². The summed E-state index contributed by atoms with van der Waals surface area (Å²) >= 11 is 0. The molecule has 0 bridgehead atoms. The third kappa shape index (κ3) is 4.73. The number of fused-ring (bicyclic) bond motifs is 1. The number of piperazine rings is 1. The molecule has 2 aromatic heterocycles. The Balaban J connectivity index is 1.44. The summed E-state index contributed by atoms with van der Waals surface area (Å²) in [5.74, 6) is -0.00110. The van der Waals surface area contributed by atoms with Gasteiger partial charge in [0, 0.05) is 30.8 Å². The second-order valence-electron chi connectivity index (χ2n) is 11.5. The van der Waals surface area contributed by atoms with Crippen LogP contribution in [0.1, 0.15) is 57.6 Å². The van der Waals surface area contributed by atoms with Crippen LogP contribution < -0.4 is 10.9 Å². The van der Waals surface area contributed by atoms with Crippen LogP contribution in [0, 0.1) is 5.82 Å². The van der Waals surface area contributed by atoms with E-state index in [-0.39, 0.29) is 28.7 Å². The van der Waals surface area contributed by atoms with Gasteiger partial charge in [-0.15, -0.1) is 0 Å². The lowest BCUT2D eigenvalue weighted by Gasteiger charge is -2.47. The topological polar surface area (TPSA) is 107 Å². The average molecular weight is 521 g/mol. The number of imidazole rings is 1. The maximum absolute atomic E-state index is 13.7. The Morgan fingerprint density at radius 2 is 1.84 bits per heavy atom. The standard InChI is InChI=1S/C27H33FN8O2/c1-16-29-22(32-31-16)25(38)34-11-12-35(27(5,6)15-34)24(37)21-14-36-23(30-21)19(26(2,3)4)13-20(33-36)17-7-9-18(28)10-8-17/h7-10,13-14,22,32H,11-12,15H2,1-6H3,(H,29,31). The van der Waals surface area contributed by atoms with Gasteiger partial charge in [-0.25, -0.2) is 24.3 Å². The summed E-state index contributed by atoms with van der Waals surface area (Å²) in [6.45, 7) is 13.0. The van der Waals surface area contributed by atoms with Gasteiger partial charge in [0.15, 0.2) is 11.8 Å². The van der Waals surface area contributed by atoms with Gasteiger partial charge in [0.05, 0.1) is 17.4 Å². The number of benzene rings is 1. The van der Waals surface area contributed by atoms with E-state index < -0.39 is 11.7 Å². The molecule has 5 rings (SSSR count). The zero-order valence-electron chi connectivity index (χ0n) is 22.5. The predicted molar refractivity (Wildman–Crippen MR) is 142 cm³/mol. The lowest BCUT2D eigenvalue weighted by Crippen LogP contribution is -2.63. The first-order chi connectivity index (χ1) is 17.8. The summed E-state index contributed by atoms with van der Waals surface area (Å²) < 4.78 is 15.1. The number of nitrogens with one attached hydrogen (secondary N) is 2. The summed E-state index contributed by atoms with van der Waals surface area (Å²) in [5, 5.41) is 4.70. The van der Waals surface area contributed by atoms with E-state index in [1.54, 1.807) is 39.6 Å². The van der Waals surface area contributed by atoms with E-state index in [1.807, 2.05) is 19.9 Å². The molecule has 2 aliphatic rings. The van der Waals surface area contributed by atoms with Crippen molar-refractivity contribution in [1.29, 1.82) is 0 Å². The Morgan fingerprint density at radius 3 is 2.45 bits per heavy atom. The largest absolute Gasteiger partial charge is 0.335 e. The molecule has 0 spiro atoms. The lowest BCUT2D eigenvalue weighted by molar-refractivity contribution is -0.137. The van der Waals surface area contributed by atoms with Crippen LogP contribution in [0.25, 0.3) is 16.9 Å². The molecule has 1 fully saturated rings. The van der Waals surface area contributed by atoms with E-state index in [1.165, 1.54) is 12.1 Å². The smallest absolute Gasteiger partial charge is 0.274 e. The van der Waals surface area contributed by atoms with Crippen molar-refractivity contribution in [2.24, 2.45) is 4.99 Å². The molecule has 2 N–H and O–H groups in total. The van der Waals surface area contributed by atoms with E-state index in [0.717, 1.165) is 11.1 Å². The van der Waals surface area contributed by atoms with Gasteiger partial charge in [0.25, 0.3) is 11.8 Å². The van der Waals surface area contributed by atoms with Gasteiger partial charge in [-0.05, 0) is 56.5 Å². The van der Waals surface area contributed by atoms with E-state index in [0.29, 0.717) is 36.8 Å². The lowest BCUT2D eigenvalue weighted by atomic mass is 9.87. The minimum Gasteiger partial charge on any atom is -0.335 e. The number of amidine groups is 1. The molecule has 1 atom stereocenters. The molecular formula is C27H33FN8O2. The van der Waals surface area contributed by atoms with Crippen molar-refractivity contribution in [2.75, 3.05) is 19.6 Å². The van der Waals surface area contributed by atoms with Gasteiger partial charge >= 0.3 is 0 Å². The van der Waals surface area contributed by atoms with Crippen LogP contribution >= 0.6 is 0 Å². The molecule has 4 heterocycles. The Bertz CT molecular complexity index is 1440. The minimum atomic E-state index is -0.663. The molecule has 1 unspecified atom stereocenters. The highest BCUT2D eigenvalue weighted by atomic mass is 19.1. The molecule has 10 nitrogen and oxygen atoms in total. The maximum atomic E-state index is 13.7. The van der Waals surface area contributed by atoms with Crippen molar-refractivity contribution in [3.63, 3.8) is 0 Å². The molecule has 1 aromatic carbocycles. The van der Waals surface area contributed by atoms with Crippen LogP contribution in [0.4, 0.5) is 4.39 Å². The highest BCUT2D eigenvalue weighted by Gasteiger charge is 2.41. The summed E-state index contributed by atoms with van der Waals surface area (Å²) in [7, 11) is 0. The quantitative estimate of drug-likeness (QED) is 0.550. The number of amides is 2. The number of nitrogens with zero attached hydrogens (tertiary/aromatic N) is 6. The Morgan fingerprint density at radius 1 is 1.13 bits per heavy atom. The predicted octanol–water partition coefficient (Wildman–Crippen LogP) is 2.75. The molecule has 1 saturated heterocycles. The number of aromatic nitrogens is 3. The van der Waals surface area contributed by atoms with Crippen LogP contribution in [0.2, 0.25) is 0 Å². The number of hydrogen-bond donors (Lipinski definition) is 2. The molecule has 11 heteroatoms. The highest BCUT2D eigenvalue weighted by molar-refractivity contribution is 5.94. The second kappa shape index (κ2) is 9.16. The number of rotatable bonds is 3. The molecule has 38 heavy (non-hydrogen) atoms. The average Bonchev–Trinajstić information content (AvgIpc) is 3.48. The molecule has 3 aromatic rings. The zero-order chi connectivity index (χ0) is 27.4. The molecule has 2 aliphatic heterocycles. The number of carbonyl (C=O) groups is 2. The van der Waals surface area contributed by atoms with Crippen molar-refractivity contribution < 1.29 is 14.0 Å². The first kappa shape index (κ1) is 25.8. The van der Waals surface area contributed by atoms with Gasteiger partial charge < -0.3 is 15.2 Å². The van der Waals surface area contributed by atoms with E-state index in [4.69, 9.17) is 10.1 Å². The first-order valence-electron chi connectivity index (χ1n) is 12.7. The number of carbonyl (C=O) groups excluding carboxylic acids is 2. The molecular weight excluding hydrogens is 487 g/mol. The van der Waals surface area contributed by atoms with E-state index in [2.05, 4.69) is 36.6 Å². The van der Waals surface area contributed by atoms with Crippen LogP contribution in [-0.4, -0.2) is 73.4 Å². The maximum Gasteiger partial charge on any atom is 0.274 e. The molecule has 0 saturated carbocycles. The summed E-state index contributed by atoms with van der Waals surface area (Å²) in [5.41, 5.74) is 8.09. The van der Waals surface area contributed by atoms with Gasteiger partial charge in [-0.2, -0.15) is 5.10 Å². The monoisotopic (exact) mass is 520 g/mol. The van der Waals surface area contributed by atoms with Crippen molar-refractivity contribution in [2.45, 2.75) is 58.7 Å². The number of hydrazine groups is 1. The van der Waals surface area contributed by atoms with Gasteiger partial charge in [-0.1, -0.05) is 20.8 Å². The molecule has 200 valence electrons. The van der Waals surface area contributed by atoms with Crippen molar-refractivity contribution >= 4 is 23.3 Å². The minimum absolute atomic E-state index is 0.130. The fourth-order valence-corrected chi connectivity index (χ4v) is 4.97. The third-order valence-corrected chi connectivity index (χ3v) is 7.00. The highest BCUT2D eigenvalue weighted by Crippen LogP contribution is 2.31. The van der Waals surface area contributed by atoms with Crippen LogP contribution in [0.3, 0.4) is 0 Å². The molecule has 0 radical (unpaired) electrons. The summed E-state index contributed by atoms with van der Waals surface area (Å²) in [6.07, 6.45) is 0.989. The second-order valence-corrected chi connectivity index (χ2v) is 11.5. The van der Waals surface area contributed by atoms with Crippen LogP contribution in [-0.2, 0) is 10.2 Å². The van der Waals surface area contributed by atoms with Gasteiger partial charge in [-0.3, -0.25) is 9.59 Å². The first-order valence-corrected chi connectivity index (χ1v) is 12.7. The fraction of sp³-hybridized carbons (Fsp3) is 0.444. The zero-order valence-corrected chi connectivity index (χ0v) is 22.5. The Kier molecular flexibility index (Phi) is 6.21. The van der Waals surface area contributed by atoms with Crippen LogP contribution in [0.15, 0.2) is 41.5 Å². The number of aliphatic imine (C=N–C) groups is 1. The summed E-state index contributed by atoms with van der Waals surface area (Å²) in [4.78, 5) is 39.2. The normalized spacial score (nSPS) is 19.4. The number of hydrogen-bond acceptors (Lipinski definition) is 7. The van der Waals surface area contributed by atoms with E-state index >= 15 is 0 Å².